The highest BCUT2D eigenvalue weighted by molar-refractivity contribution is 5.33. The number of nitrogens with two attached hydrogens (primary N) is 3. The standard InChI is InChI=1S/C29H50N4O/c1-19(21-8-9-21)6-7-20(2)22-10-11-23-25(22,4)13-17-29(32)26(5)14-12-24(3,33-34)18-27(26,30)15-16-28(23,29)31/h20-23H,1,6-18,30-32H2,2-5H3/t20-,22-,23-,24+,25?,26+,27-,28?,29+/m1/s1. The van der Waals surface area contributed by atoms with E-state index in [9.17, 15) is 4.91 Å². The second-order valence-corrected chi connectivity index (χ2v) is 14.5. The molecular weight excluding hydrogens is 420 g/mol. The molecule has 0 amide bonds. The first-order chi connectivity index (χ1) is 15.8. The molecule has 0 spiro atoms. The summed E-state index contributed by atoms with van der Waals surface area (Å²) in [6.07, 6.45) is 13.6. The molecule has 5 fully saturated rings. The van der Waals surface area contributed by atoms with Gasteiger partial charge >= 0.3 is 0 Å². The van der Waals surface area contributed by atoms with Crippen molar-refractivity contribution in [3.05, 3.63) is 17.1 Å². The van der Waals surface area contributed by atoms with Crippen LogP contribution in [-0.2, 0) is 0 Å². The molecule has 0 aromatic heterocycles. The molecule has 0 heterocycles. The number of fused-ring (bicyclic) bond motifs is 5. The van der Waals surface area contributed by atoms with Gasteiger partial charge in [0.25, 0.3) is 0 Å². The quantitative estimate of drug-likeness (QED) is 0.337. The number of nitroso groups, excluding NO2 is 1. The molecule has 0 bridgehead atoms. The van der Waals surface area contributed by atoms with Gasteiger partial charge < -0.3 is 17.2 Å². The van der Waals surface area contributed by atoms with Gasteiger partial charge in [-0.25, -0.2) is 0 Å². The van der Waals surface area contributed by atoms with E-state index in [-0.39, 0.29) is 10.8 Å². The zero-order chi connectivity index (χ0) is 24.8. The van der Waals surface area contributed by atoms with Gasteiger partial charge in [0.2, 0.25) is 0 Å². The summed E-state index contributed by atoms with van der Waals surface area (Å²) in [5.74, 6) is 2.66. The van der Waals surface area contributed by atoms with Crippen molar-refractivity contribution in [3.63, 3.8) is 0 Å². The van der Waals surface area contributed by atoms with E-state index in [1.54, 1.807) is 0 Å². The van der Waals surface area contributed by atoms with Crippen molar-refractivity contribution >= 4 is 0 Å². The van der Waals surface area contributed by atoms with Crippen molar-refractivity contribution in [3.8, 4) is 0 Å². The summed E-state index contributed by atoms with van der Waals surface area (Å²) in [5, 5.41) is 3.52. The lowest BCUT2D eigenvalue weighted by Crippen LogP contribution is -2.87. The van der Waals surface area contributed by atoms with Crippen molar-refractivity contribution in [2.75, 3.05) is 0 Å². The van der Waals surface area contributed by atoms with E-state index in [4.69, 9.17) is 17.2 Å². The van der Waals surface area contributed by atoms with Gasteiger partial charge in [-0.1, -0.05) is 38.1 Å². The van der Waals surface area contributed by atoms with E-state index < -0.39 is 22.2 Å². The topological polar surface area (TPSA) is 107 Å². The first-order valence-corrected chi connectivity index (χ1v) is 14.2. The normalized spacial score (nSPS) is 53.4. The van der Waals surface area contributed by atoms with Crippen LogP contribution in [0.25, 0.3) is 0 Å². The van der Waals surface area contributed by atoms with Crippen LogP contribution in [0.15, 0.2) is 17.3 Å². The molecule has 0 radical (unpaired) electrons. The summed E-state index contributed by atoms with van der Waals surface area (Å²) in [7, 11) is 0. The predicted octanol–water partition coefficient (Wildman–Crippen LogP) is 5.80. The van der Waals surface area contributed by atoms with Gasteiger partial charge in [-0.2, -0.15) is 4.91 Å². The zero-order valence-electron chi connectivity index (χ0n) is 22.3. The van der Waals surface area contributed by atoms with Crippen molar-refractivity contribution in [2.24, 2.45) is 56.9 Å². The van der Waals surface area contributed by atoms with Gasteiger partial charge in [-0.3, -0.25) is 0 Å². The number of allylic oxidation sites excluding steroid dienone is 1. The minimum absolute atomic E-state index is 0.246. The fraction of sp³-hybridized carbons (Fsp3) is 0.931. The van der Waals surface area contributed by atoms with E-state index in [0.717, 1.165) is 44.4 Å². The molecule has 9 atom stereocenters. The predicted molar refractivity (Wildman–Crippen MR) is 140 cm³/mol. The lowest BCUT2D eigenvalue weighted by molar-refractivity contribution is -0.162. The first-order valence-electron chi connectivity index (χ1n) is 14.2. The number of nitrogens with zero attached hydrogens (tertiary/aromatic N) is 1. The molecule has 5 heteroatoms. The third kappa shape index (κ3) is 3.14. The highest BCUT2D eigenvalue weighted by Crippen LogP contribution is 2.70. The molecule has 5 rings (SSSR count). The molecule has 0 aromatic rings. The first kappa shape index (κ1) is 24.9. The second-order valence-electron chi connectivity index (χ2n) is 14.5. The Kier molecular flexibility index (Phi) is 5.58. The van der Waals surface area contributed by atoms with Gasteiger partial charge in [0, 0.05) is 22.0 Å². The molecule has 0 saturated heterocycles. The molecule has 0 aliphatic heterocycles. The molecule has 34 heavy (non-hydrogen) atoms. The Morgan fingerprint density at radius 1 is 0.971 bits per heavy atom. The highest BCUT2D eigenvalue weighted by Gasteiger charge is 2.75. The fourth-order valence-electron chi connectivity index (χ4n) is 10.2. The van der Waals surface area contributed by atoms with Gasteiger partial charge in [-0.15, -0.1) is 0 Å². The Morgan fingerprint density at radius 3 is 2.32 bits per heavy atom. The average Bonchev–Trinajstić information content (AvgIpc) is 3.58. The van der Waals surface area contributed by atoms with Gasteiger partial charge in [0.05, 0.1) is 0 Å². The molecular formula is C29H50N4O. The van der Waals surface area contributed by atoms with Gasteiger partial charge in [0.1, 0.15) is 5.54 Å². The highest BCUT2D eigenvalue weighted by atomic mass is 16.3. The van der Waals surface area contributed by atoms with Crippen LogP contribution in [0.5, 0.6) is 0 Å². The van der Waals surface area contributed by atoms with Crippen LogP contribution in [0.3, 0.4) is 0 Å². The fourth-order valence-corrected chi connectivity index (χ4v) is 10.2. The Morgan fingerprint density at radius 2 is 1.68 bits per heavy atom. The van der Waals surface area contributed by atoms with Crippen LogP contribution in [0.1, 0.15) is 111 Å². The van der Waals surface area contributed by atoms with Crippen LogP contribution >= 0.6 is 0 Å². The third-order valence-corrected chi connectivity index (χ3v) is 12.8. The molecule has 192 valence electrons. The van der Waals surface area contributed by atoms with Crippen molar-refractivity contribution in [2.45, 2.75) is 133 Å². The third-order valence-electron chi connectivity index (χ3n) is 12.8. The average molecular weight is 471 g/mol. The Hall–Kier alpha value is -0.780. The van der Waals surface area contributed by atoms with E-state index in [1.807, 2.05) is 6.92 Å². The van der Waals surface area contributed by atoms with E-state index in [0.29, 0.717) is 24.2 Å². The number of rotatable bonds is 6. The summed E-state index contributed by atoms with van der Waals surface area (Å²) in [4.78, 5) is 11.7. The van der Waals surface area contributed by atoms with Crippen LogP contribution in [-0.4, -0.2) is 22.2 Å². The lowest BCUT2D eigenvalue weighted by atomic mass is 9.36. The second kappa shape index (κ2) is 7.61. The summed E-state index contributed by atoms with van der Waals surface area (Å²) < 4.78 is 0. The maximum absolute atomic E-state index is 11.7. The Labute approximate surface area is 207 Å². The Balaban J connectivity index is 1.40. The summed E-state index contributed by atoms with van der Waals surface area (Å²) in [6, 6.07) is 0. The molecule has 2 unspecified atom stereocenters. The smallest absolute Gasteiger partial charge is 0.102 e. The Bertz CT molecular complexity index is 872. The van der Waals surface area contributed by atoms with E-state index in [2.05, 4.69) is 32.5 Å². The van der Waals surface area contributed by atoms with Gasteiger partial charge in [0.15, 0.2) is 0 Å². The monoisotopic (exact) mass is 470 g/mol. The SMILES string of the molecule is C=C(CC[C@@H](C)[C@H]1CC[C@@H]2C1(C)CC[C@@]1(N)C2(N)CC[C@@]2(N)C[C@@](C)(N=O)CC[C@@]21C)C1CC1. The lowest BCUT2D eigenvalue weighted by Gasteiger charge is -2.73. The van der Waals surface area contributed by atoms with E-state index >= 15 is 0 Å². The van der Waals surface area contributed by atoms with Crippen molar-refractivity contribution in [1.29, 1.82) is 0 Å². The van der Waals surface area contributed by atoms with Crippen LogP contribution in [0.4, 0.5) is 0 Å². The van der Waals surface area contributed by atoms with Crippen LogP contribution < -0.4 is 17.2 Å². The summed E-state index contributed by atoms with van der Waals surface area (Å²) >= 11 is 0. The molecule has 5 aliphatic rings. The number of hydrogen-bond donors (Lipinski definition) is 3. The minimum atomic E-state index is -0.583. The minimum Gasteiger partial charge on any atom is -0.324 e. The van der Waals surface area contributed by atoms with Crippen molar-refractivity contribution < 1.29 is 0 Å². The van der Waals surface area contributed by atoms with Crippen LogP contribution in [0, 0.1) is 39.4 Å². The number of hydrogen-bond acceptors (Lipinski definition) is 5. The largest absolute Gasteiger partial charge is 0.324 e. The van der Waals surface area contributed by atoms with Gasteiger partial charge in [-0.05, 0) is 119 Å². The molecule has 5 aliphatic carbocycles. The maximum Gasteiger partial charge on any atom is 0.102 e. The zero-order valence-corrected chi connectivity index (χ0v) is 22.3. The summed E-state index contributed by atoms with van der Waals surface area (Å²) in [5.41, 5.74) is 21.8. The molecule has 0 aromatic carbocycles. The summed E-state index contributed by atoms with van der Waals surface area (Å²) in [6.45, 7) is 13.7. The molecule has 6 N–H and O–H groups in total. The molecule has 5 saturated carbocycles. The van der Waals surface area contributed by atoms with Crippen molar-refractivity contribution in [1.82, 2.24) is 0 Å². The van der Waals surface area contributed by atoms with E-state index in [1.165, 1.54) is 44.1 Å². The maximum atomic E-state index is 11.7. The van der Waals surface area contributed by atoms with Crippen LogP contribution in [0.2, 0.25) is 0 Å². The molecule has 5 nitrogen and oxygen atoms in total.